The van der Waals surface area contributed by atoms with E-state index in [1.54, 1.807) is 0 Å². The van der Waals surface area contributed by atoms with Crippen LogP contribution in [0.2, 0.25) is 0 Å². The van der Waals surface area contributed by atoms with Gasteiger partial charge in [0.25, 0.3) is 0 Å². The number of aliphatic hydroxyl groups excluding tert-OH is 1. The van der Waals surface area contributed by atoms with Gasteiger partial charge in [0.05, 0.1) is 6.10 Å². The minimum atomic E-state index is -0.0425. The molecule has 2 aliphatic rings. The fourth-order valence-electron chi connectivity index (χ4n) is 2.77. The molecule has 1 fully saturated rings. The molecule has 2 rings (SSSR count). The second kappa shape index (κ2) is 4.28. The van der Waals surface area contributed by atoms with Gasteiger partial charge in [0.2, 0.25) is 0 Å². The molecule has 13 heavy (non-hydrogen) atoms. The number of hydrogen-bond donors (Lipinski definition) is 1. The first kappa shape index (κ1) is 9.26. The van der Waals surface area contributed by atoms with Gasteiger partial charge in [0.1, 0.15) is 0 Å². The predicted octanol–water partition coefficient (Wildman–Crippen LogP) is 2.89. The van der Waals surface area contributed by atoms with Crippen LogP contribution in [0.4, 0.5) is 0 Å². The van der Waals surface area contributed by atoms with Gasteiger partial charge in [0, 0.05) is 5.92 Å². The maximum Gasteiger partial charge on any atom is 0.0631 e. The van der Waals surface area contributed by atoms with Gasteiger partial charge >= 0.3 is 0 Å². The lowest BCUT2D eigenvalue weighted by atomic mass is 9.80. The molecule has 0 radical (unpaired) electrons. The van der Waals surface area contributed by atoms with Crippen LogP contribution in [0, 0.1) is 11.8 Å². The van der Waals surface area contributed by atoms with Crippen molar-refractivity contribution in [1.82, 2.24) is 0 Å². The molecule has 0 aromatic rings. The van der Waals surface area contributed by atoms with Crippen molar-refractivity contribution >= 4 is 0 Å². The normalized spacial score (nSPS) is 32.2. The maximum absolute atomic E-state index is 10.1. The summed E-state index contributed by atoms with van der Waals surface area (Å²) >= 11 is 0. The molecule has 0 saturated heterocycles. The van der Waals surface area contributed by atoms with Crippen LogP contribution in [0.25, 0.3) is 0 Å². The molecule has 0 spiro atoms. The topological polar surface area (TPSA) is 20.2 Å². The van der Waals surface area contributed by atoms with Gasteiger partial charge < -0.3 is 5.11 Å². The molecular formula is C12H20O. The van der Waals surface area contributed by atoms with E-state index in [9.17, 15) is 5.11 Å². The van der Waals surface area contributed by atoms with Crippen molar-refractivity contribution in [3.05, 3.63) is 12.2 Å². The van der Waals surface area contributed by atoms with E-state index in [0.717, 1.165) is 0 Å². The molecule has 74 valence electrons. The molecule has 0 amide bonds. The first-order chi connectivity index (χ1) is 6.38. The zero-order valence-electron chi connectivity index (χ0n) is 8.28. The second-order valence-corrected chi connectivity index (χ2v) is 4.56. The minimum absolute atomic E-state index is 0.0425. The van der Waals surface area contributed by atoms with Crippen LogP contribution in [-0.2, 0) is 0 Å². The lowest BCUT2D eigenvalue weighted by Crippen LogP contribution is -2.28. The molecule has 0 aromatic heterocycles. The number of hydrogen-bond acceptors (Lipinski definition) is 1. The van der Waals surface area contributed by atoms with Crippen molar-refractivity contribution in [2.45, 2.75) is 51.0 Å². The van der Waals surface area contributed by atoms with E-state index in [0.29, 0.717) is 11.8 Å². The molecule has 2 atom stereocenters. The zero-order valence-corrected chi connectivity index (χ0v) is 8.28. The summed E-state index contributed by atoms with van der Waals surface area (Å²) in [6, 6.07) is 0. The Kier molecular flexibility index (Phi) is 3.05. The zero-order chi connectivity index (χ0) is 9.10. The Bertz CT molecular complexity index is 180. The van der Waals surface area contributed by atoms with Gasteiger partial charge in [-0.05, 0) is 31.6 Å². The summed E-state index contributed by atoms with van der Waals surface area (Å²) in [7, 11) is 0. The molecule has 0 aromatic carbocycles. The Morgan fingerprint density at radius 3 is 2.46 bits per heavy atom. The summed E-state index contributed by atoms with van der Waals surface area (Å²) in [5.41, 5.74) is 0. The number of allylic oxidation sites excluding steroid dienone is 1. The van der Waals surface area contributed by atoms with Crippen molar-refractivity contribution < 1.29 is 5.11 Å². The predicted molar refractivity (Wildman–Crippen MR) is 54.4 cm³/mol. The van der Waals surface area contributed by atoms with Gasteiger partial charge in [0.15, 0.2) is 0 Å². The van der Waals surface area contributed by atoms with Crippen molar-refractivity contribution in [2.75, 3.05) is 0 Å². The summed E-state index contributed by atoms with van der Waals surface area (Å²) in [6.45, 7) is 0. The lowest BCUT2D eigenvalue weighted by Gasteiger charge is -2.29. The number of aliphatic hydroxyl groups is 1. The third-order valence-electron chi connectivity index (χ3n) is 3.62. The van der Waals surface area contributed by atoms with Gasteiger partial charge in [-0.15, -0.1) is 0 Å². The van der Waals surface area contributed by atoms with Crippen molar-refractivity contribution in [3.63, 3.8) is 0 Å². The standard InChI is InChI=1S/C12H20O/c13-12(11-8-4-5-9-11)10-6-2-1-3-7-10/h4,8,10-13H,1-3,5-7,9H2/t11?,12-/m1/s1. The molecule has 0 bridgehead atoms. The van der Waals surface area contributed by atoms with Gasteiger partial charge in [-0.1, -0.05) is 31.4 Å². The Morgan fingerprint density at radius 1 is 1.08 bits per heavy atom. The van der Waals surface area contributed by atoms with Crippen LogP contribution in [0.1, 0.15) is 44.9 Å². The fraction of sp³-hybridized carbons (Fsp3) is 0.833. The van der Waals surface area contributed by atoms with E-state index in [1.807, 2.05) is 0 Å². The van der Waals surface area contributed by atoms with E-state index in [4.69, 9.17) is 0 Å². The summed E-state index contributed by atoms with van der Waals surface area (Å²) in [4.78, 5) is 0. The Hall–Kier alpha value is -0.300. The van der Waals surface area contributed by atoms with Crippen LogP contribution in [0.15, 0.2) is 12.2 Å². The molecule has 1 heteroatoms. The summed E-state index contributed by atoms with van der Waals surface area (Å²) in [5.74, 6) is 1.07. The SMILES string of the molecule is O[C@@H](C1C=CCC1)C1CCCCC1. The van der Waals surface area contributed by atoms with Gasteiger partial charge in [-0.2, -0.15) is 0 Å². The number of rotatable bonds is 2. The first-order valence-electron chi connectivity index (χ1n) is 5.72. The van der Waals surface area contributed by atoms with E-state index < -0.39 is 0 Å². The van der Waals surface area contributed by atoms with Crippen LogP contribution >= 0.6 is 0 Å². The smallest absolute Gasteiger partial charge is 0.0631 e. The van der Waals surface area contributed by atoms with Crippen LogP contribution in [-0.4, -0.2) is 11.2 Å². The summed E-state index contributed by atoms with van der Waals surface area (Å²) < 4.78 is 0. The Balaban J connectivity index is 1.87. The molecular weight excluding hydrogens is 160 g/mol. The molecule has 2 aliphatic carbocycles. The highest BCUT2D eigenvalue weighted by Gasteiger charge is 2.28. The molecule has 0 aliphatic heterocycles. The van der Waals surface area contributed by atoms with E-state index in [1.165, 1.54) is 44.9 Å². The average molecular weight is 180 g/mol. The van der Waals surface area contributed by atoms with Crippen molar-refractivity contribution in [1.29, 1.82) is 0 Å². The lowest BCUT2D eigenvalue weighted by molar-refractivity contribution is 0.0498. The maximum atomic E-state index is 10.1. The van der Waals surface area contributed by atoms with Crippen molar-refractivity contribution in [3.8, 4) is 0 Å². The first-order valence-corrected chi connectivity index (χ1v) is 5.72. The highest BCUT2D eigenvalue weighted by molar-refractivity contribution is 5.00. The molecule has 1 N–H and O–H groups in total. The van der Waals surface area contributed by atoms with Crippen LogP contribution < -0.4 is 0 Å². The van der Waals surface area contributed by atoms with Crippen molar-refractivity contribution in [2.24, 2.45) is 11.8 Å². The minimum Gasteiger partial charge on any atom is -0.392 e. The largest absolute Gasteiger partial charge is 0.392 e. The Labute approximate surface area is 80.8 Å². The fourth-order valence-corrected chi connectivity index (χ4v) is 2.77. The second-order valence-electron chi connectivity index (χ2n) is 4.56. The third kappa shape index (κ3) is 2.14. The quantitative estimate of drug-likeness (QED) is 0.648. The average Bonchev–Trinajstić information content (AvgIpc) is 2.71. The van der Waals surface area contributed by atoms with E-state index in [-0.39, 0.29) is 6.10 Å². The third-order valence-corrected chi connectivity index (χ3v) is 3.62. The monoisotopic (exact) mass is 180 g/mol. The molecule has 1 nitrogen and oxygen atoms in total. The van der Waals surface area contributed by atoms with E-state index in [2.05, 4.69) is 12.2 Å². The van der Waals surface area contributed by atoms with Crippen LogP contribution in [0.3, 0.4) is 0 Å². The molecule has 1 unspecified atom stereocenters. The summed E-state index contributed by atoms with van der Waals surface area (Å²) in [5, 5.41) is 10.1. The summed E-state index contributed by atoms with van der Waals surface area (Å²) in [6.07, 6.45) is 13.3. The van der Waals surface area contributed by atoms with Crippen LogP contribution in [0.5, 0.6) is 0 Å². The highest BCUT2D eigenvalue weighted by atomic mass is 16.3. The van der Waals surface area contributed by atoms with E-state index >= 15 is 0 Å². The van der Waals surface area contributed by atoms with Gasteiger partial charge in [-0.3, -0.25) is 0 Å². The Morgan fingerprint density at radius 2 is 1.85 bits per heavy atom. The van der Waals surface area contributed by atoms with Gasteiger partial charge in [-0.25, -0.2) is 0 Å². The molecule has 1 saturated carbocycles. The molecule has 0 heterocycles. The highest BCUT2D eigenvalue weighted by Crippen LogP contribution is 2.33.